The van der Waals surface area contributed by atoms with Gasteiger partial charge in [-0.15, -0.1) is 0 Å². The molecule has 2 N–H and O–H groups in total. The molecule has 0 saturated heterocycles. The zero-order chi connectivity index (χ0) is 18.9. The van der Waals surface area contributed by atoms with Crippen molar-refractivity contribution in [2.75, 3.05) is 0 Å². The lowest BCUT2D eigenvalue weighted by Gasteiger charge is -2.34. The van der Waals surface area contributed by atoms with Gasteiger partial charge in [0, 0.05) is 30.0 Å². The van der Waals surface area contributed by atoms with E-state index in [1.807, 2.05) is 0 Å². The van der Waals surface area contributed by atoms with Crippen molar-refractivity contribution in [1.29, 1.82) is 0 Å². The van der Waals surface area contributed by atoms with E-state index in [0.29, 0.717) is 12.1 Å². The SMILES string of the molecule is CC(c1ccc(F)cc1F)C(O)(Cc1nc[nH]n1)c1ccc(F)cc1F. The predicted octanol–water partition coefficient (Wildman–Crippen LogP) is 3.60. The van der Waals surface area contributed by atoms with Crippen molar-refractivity contribution in [2.45, 2.75) is 24.9 Å². The van der Waals surface area contributed by atoms with Crippen molar-refractivity contribution in [1.82, 2.24) is 15.2 Å². The Hall–Kier alpha value is -2.74. The highest BCUT2D eigenvalue weighted by Crippen LogP contribution is 2.41. The summed E-state index contributed by atoms with van der Waals surface area (Å²) in [4.78, 5) is 3.91. The number of benzene rings is 2. The number of nitrogens with zero attached hydrogens (tertiary/aromatic N) is 2. The number of hydrogen-bond acceptors (Lipinski definition) is 3. The summed E-state index contributed by atoms with van der Waals surface area (Å²) in [6, 6.07) is 5.62. The molecule has 0 aliphatic carbocycles. The third-order valence-electron chi connectivity index (χ3n) is 4.44. The first-order valence-electron chi connectivity index (χ1n) is 7.79. The maximum Gasteiger partial charge on any atom is 0.153 e. The number of hydrogen-bond donors (Lipinski definition) is 2. The molecule has 136 valence electrons. The van der Waals surface area contributed by atoms with Crippen LogP contribution in [-0.4, -0.2) is 20.3 Å². The van der Waals surface area contributed by atoms with Gasteiger partial charge in [0.15, 0.2) is 5.82 Å². The standard InChI is InChI=1S/C18H15F4N3O/c1-10(13-4-2-11(19)6-15(13)21)18(26,8-17-23-9-24-25-17)14-5-3-12(20)7-16(14)22/h2-7,9-10,26H,8H2,1H3,(H,23,24,25). The summed E-state index contributed by atoms with van der Waals surface area (Å²) < 4.78 is 55.2. The van der Waals surface area contributed by atoms with Gasteiger partial charge >= 0.3 is 0 Å². The van der Waals surface area contributed by atoms with Gasteiger partial charge in [0.2, 0.25) is 0 Å². The van der Waals surface area contributed by atoms with E-state index < -0.39 is 34.8 Å². The highest BCUT2D eigenvalue weighted by molar-refractivity contribution is 5.34. The van der Waals surface area contributed by atoms with E-state index in [1.54, 1.807) is 0 Å². The molecule has 0 saturated carbocycles. The maximum atomic E-state index is 14.4. The third kappa shape index (κ3) is 3.32. The van der Waals surface area contributed by atoms with Crippen molar-refractivity contribution in [3.8, 4) is 0 Å². The molecule has 0 spiro atoms. The topological polar surface area (TPSA) is 61.8 Å². The lowest BCUT2D eigenvalue weighted by molar-refractivity contribution is 0.00637. The molecular formula is C18H15F4N3O. The molecule has 3 aromatic rings. The van der Waals surface area contributed by atoms with Crippen molar-refractivity contribution < 1.29 is 22.7 Å². The molecule has 4 nitrogen and oxygen atoms in total. The van der Waals surface area contributed by atoms with E-state index in [2.05, 4.69) is 15.2 Å². The van der Waals surface area contributed by atoms with Crippen LogP contribution in [0.2, 0.25) is 0 Å². The molecule has 26 heavy (non-hydrogen) atoms. The molecule has 3 rings (SSSR count). The Morgan fingerprint density at radius 2 is 1.69 bits per heavy atom. The van der Waals surface area contributed by atoms with E-state index in [-0.39, 0.29) is 23.4 Å². The van der Waals surface area contributed by atoms with Gasteiger partial charge in [-0.25, -0.2) is 22.5 Å². The summed E-state index contributed by atoms with van der Waals surface area (Å²) in [6.07, 6.45) is 1.01. The Morgan fingerprint density at radius 1 is 1.04 bits per heavy atom. The van der Waals surface area contributed by atoms with Gasteiger partial charge in [0.25, 0.3) is 0 Å². The zero-order valence-electron chi connectivity index (χ0n) is 13.7. The second kappa shape index (κ2) is 6.87. The average molecular weight is 365 g/mol. The zero-order valence-corrected chi connectivity index (χ0v) is 13.7. The van der Waals surface area contributed by atoms with Crippen LogP contribution in [0, 0.1) is 23.3 Å². The van der Waals surface area contributed by atoms with Gasteiger partial charge in [-0.3, -0.25) is 5.10 Å². The maximum absolute atomic E-state index is 14.4. The predicted molar refractivity (Wildman–Crippen MR) is 85.1 cm³/mol. The minimum absolute atomic E-state index is 0.0202. The molecule has 0 fully saturated rings. The second-order valence-corrected chi connectivity index (χ2v) is 6.03. The normalized spacial score (nSPS) is 14.8. The Balaban J connectivity index is 2.13. The van der Waals surface area contributed by atoms with Gasteiger partial charge in [0.1, 0.15) is 35.2 Å². The van der Waals surface area contributed by atoms with E-state index in [0.717, 1.165) is 18.2 Å². The van der Waals surface area contributed by atoms with Crippen LogP contribution >= 0.6 is 0 Å². The molecule has 0 bridgehead atoms. The molecule has 1 heterocycles. The van der Waals surface area contributed by atoms with Crippen molar-refractivity contribution >= 4 is 0 Å². The van der Waals surface area contributed by atoms with E-state index in [1.165, 1.54) is 19.3 Å². The molecule has 2 unspecified atom stereocenters. The van der Waals surface area contributed by atoms with Crippen molar-refractivity contribution in [2.24, 2.45) is 0 Å². The quantitative estimate of drug-likeness (QED) is 0.679. The molecule has 2 aromatic carbocycles. The first-order chi connectivity index (χ1) is 12.3. The number of aromatic nitrogens is 3. The first-order valence-corrected chi connectivity index (χ1v) is 7.79. The summed E-state index contributed by atoms with van der Waals surface area (Å²) in [5.41, 5.74) is -2.26. The molecule has 0 aliphatic rings. The Morgan fingerprint density at radius 3 is 2.27 bits per heavy atom. The second-order valence-electron chi connectivity index (χ2n) is 6.03. The summed E-state index contributed by atoms with van der Waals surface area (Å²) >= 11 is 0. The molecule has 0 amide bonds. The molecule has 1 aromatic heterocycles. The fraction of sp³-hybridized carbons (Fsp3) is 0.222. The van der Waals surface area contributed by atoms with Crippen LogP contribution < -0.4 is 0 Å². The third-order valence-corrected chi connectivity index (χ3v) is 4.44. The van der Waals surface area contributed by atoms with E-state index in [9.17, 15) is 22.7 Å². The van der Waals surface area contributed by atoms with Crippen LogP contribution in [0.5, 0.6) is 0 Å². The lowest BCUT2D eigenvalue weighted by atomic mass is 9.75. The van der Waals surface area contributed by atoms with Crippen LogP contribution in [0.25, 0.3) is 0 Å². The smallest absolute Gasteiger partial charge is 0.153 e. The number of nitrogens with one attached hydrogen (secondary N) is 1. The lowest BCUT2D eigenvalue weighted by Crippen LogP contribution is -2.36. The van der Waals surface area contributed by atoms with Crippen molar-refractivity contribution in [3.63, 3.8) is 0 Å². The fourth-order valence-electron chi connectivity index (χ4n) is 2.99. The molecule has 0 radical (unpaired) electrons. The van der Waals surface area contributed by atoms with Gasteiger partial charge in [-0.2, -0.15) is 5.10 Å². The number of aromatic amines is 1. The summed E-state index contributed by atoms with van der Waals surface area (Å²) in [6.45, 7) is 1.46. The molecule has 2 atom stereocenters. The van der Waals surface area contributed by atoms with Crippen LogP contribution in [0.4, 0.5) is 17.6 Å². The van der Waals surface area contributed by atoms with E-state index >= 15 is 0 Å². The Labute approximate surface area is 146 Å². The Kier molecular flexibility index (Phi) is 4.78. The van der Waals surface area contributed by atoms with Gasteiger partial charge in [-0.1, -0.05) is 19.1 Å². The highest BCUT2D eigenvalue weighted by atomic mass is 19.1. The van der Waals surface area contributed by atoms with Crippen molar-refractivity contribution in [3.05, 3.63) is 82.9 Å². The summed E-state index contributed by atoms with van der Waals surface area (Å²) in [5.74, 6) is -4.31. The van der Waals surface area contributed by atoms with E-state index in [4.69, 9.17) is 0 Å². The fourth-order valence-corrected chi connectivity index (χ4v) is 2.99. The molecule has 8 heteroatoms. The van der Waals surface area contributed by atoms with Crippen LogP contribution in [0.1, 0.15) is 29.8 Å². The number of H-pyrrole nitrogens is 1. The minimum atomic E-state index is -2.00. The molecule has 0 aliphatic heterocycles. The number of halogens is 4. The monoisotopic (exact) mass is 365 g/mol. The Bertz CT molecular complexity index is 917. The molecular weight excluding hydrogens is 350 g/mol. The first kappa shape index (κ1) is 18.1. The van der Waals surface area contributed by atoms with Crippen LogP contribution in [-0.2, 0) is 12.0 Å². The minimum Gasteiger partial charge on any atom is -0.384 e. The van der Waals surface area contributed by atoms with Crippen LogP contribution in [0.3, 0.4) is 0 Å². The van der Waals surface area contributed by atoms with Gasteiger partial charge in [-0.05, 0) is 17.7 Å². The highest BCUT2D eigenvalue weighted by Gasteiger charge is 2.41. The summed E-state index contributed by atoms with van der Waals surface area (Å²) in [7, 11) is 0. The largest absolute Gasteiger partial charge is 0.384 e. The average Bonchev–Trinajstić information content (AvgIpc) is 3.06. The van der Waals surface area contributed by atoms with Gasteiger partial charge in [0.05, 0.1) is 0 Å². The number of rotatable bonds is 5. The van der Waals surface area contributed by atoms with Gasteiger partial charge < -0.3 is 5.11 Å². The van der Waals surface area contributed by atoms with Crippen LogP contribution in [0.15, 0.2) is 42.7 Å². The number of aliphatic hydroxyl groups is 1. The summed E-state index contributed by atoms with van der Waals surface area (Å²) in [5, 5.41) is 17.6.